The van der Waals surface area contributed by atoms with Gasteiger partial charge in [0.05, 0.1) is 28.4 Å². The molecule has 6 nitrogen and oxygen atoms in total. The molecule has 0 atom stereocenters. The zero-order chi connectivity index (χ0) is 23.9. The van der Waals surface area contributed by atoms with Gasteiger partial charge in [-0.3, -0.25) is 4.72 Å². The number of halogens is 5. The number of aliphatic hydroxyl groups is 1. The highest BCUT2D eigenvalue weighted by Crippen LogP contribution is 2.35. The molecule has 0 aliphatic rings. The highest BCUT2D eigenvalue weighted by molar-refractivity contribution is 14.1. The number of anilines is 1. The van der Waals surface area contributed by atoms with Crippen LogP contribution in [0.5, 0.6) is 0 Å². The van der Waals surface area contributed by atoms with Crippen molar-refractivity contribution in [1.82, 2.24) is 9.97 Å². The largest absolute Gasteiger partial charge is 0.392 e. The molecule has 12 heteroatoms. The van der Waals surface area contributed by atoms with E-state index >= 15 is 4.39 Å². The third-order valence-corrected chi connectivity index (χ3v) is 7.40. The second-order valence-corrected chi connectivity index (χ2v) is 10.3. The molecule has 170 valence electrons. The highest BCUT2D eigenvalue weighted by atomic mass is 127. The number of aromatic nitrogens is 2. The van der Waals surface area contributed by atoms with Crippen LogP contribution in [0.4, 0.5) is 14.5 Å². The summed E-state index contributed by atoms with van der Waals surface area (Å²) in [6, 6.07) is 8.86. The van der Waals surface area contributed by atoms with Crippen LogP contribution in [-0.2, 0) is 16.6 Å². The number of nitrogens with one attached hydrogen (secondary N) is 1. The fourth-order valence-electron chi connectivity index (χ4n) is 3.19. The Morgan fingerprint density at radius 2 is 1.85 bits per heavy atom. The Hall–Kier alpha value is -2.12. The Balaban J connectivity index is 1.80. The lowest BCUT2D eigenvalue weighted by atomic mass is 10.0. The molecule has 0 spiro atoms. The van der Waals surface area contributed by atoms with Crippen molar-refractivity contribution in [2.75, 3.05) is 4.72 Å². The van der Waals surface area contributed by atoms with Gasteiger partial charge in [0, 0.05) is 39.2 Å². The summed E-state index contributed by atoms with van der Waals surface area (Å²) in [6.07, 6.45) is 1.52. The highest BCUT2D eigenvalue weighted by Gasteiger charge is 2.24. The van der Waals surface area contributed by atoms with Crippen LogP contribution in [-0.4, -0.2) is 23.5 Å². The summed E-state index contributed by atoms with van der Waals surface area (Å²) in [5, 5.41) is 9.69. The van der Waals surface area contributed by atoms with E-state index in [-0.39, 0.29) is 21.2 Å². The number of aliphatic hydroxyl groups excluding tert-OH is 1. The van der Waals surface area contributed by atoms with E-state index in [0.29, 0.717) is 14.7 Å². The van der Waals surface area contributed by atoms with Crippen LogP contribution in [0, 0.1) is 15.5 Å². The lowest BCUT2D eigenvalue weighted by Crippen LogP contribution is -2.15. The minimum Gasteiger partial charge on any atom is -0.392 e. The van der Waals surface area contributed by atoms with Crippen molar-refractivity contribution in [2.24, 2.45) is 0 Å². The Kier molecular flexibility index (Phi) is 6.74. The van der Waals surface area contributed by atoms with Crippen LogP contribution in [0.1, 0.15) is 5.56 Å². The Morgan fingerprint density at radius 1 is 1.09 bits per heavy atom. The standard InChI is InChI=1S/C21H12Cl2F2IN3O3S/c22-13-6-12(9-30)19(23)17(7-13)33(31,32)29-16-4-2-14(24)18(20(16)25)10-1-3-15-11(5-10)8-27-21(26)28-15/h1-8,29-30H,9H2. The molecule has 3 aromatic carbocycles. The van der Waals surface area contributed by atoms with Crippen LogP contribution in [0.25, 0.3) is 22.0 Å². The van der Waals surface area contributed by atoms with E-state index in [1.807, 2.05) is 22.6 Å². The van der Waals surface area contributed by atoms with Gasteiger partial charge in [0.1, 0.15) is 10.7 Å². The number of nitrogens with zero attached hydrogens (tertiary/aromatic N) is 2. The maximum absolute atomic E-state index is 15.4. The zero-order valence-corrected chi connectivity index (χ0v) is 20.8. The Labute approximate surface area is 210 Å². The molecule has 2 N–H and O–H groups in total. The van der Waals surface area contributed by atoms with Gasteiger partial charge in [-0.05, 0) is 47.5 Å². The van der Waals surface area contributed by atoms with Gasteiger partial charge < -0.3 is 5.11 Å². The van der Waals surface area contributed by atoms with Gasteiger partial charge >= 0.3 is 0 Å². The number of hydrogen-bond donors (Lipinski definition) is 2. The van der Waals surface area contributed by atoms with Crippen LogP contribution in [0.15, 0.2) is 53.6 Å². The van der Waals surface area contributed by atoms with Crippen molar-refractivity contribution in [3.63, 3.8) is 0 Å². The lowest BCUT2D eigenvalue weighted by Gasteiger charge is -2.15. The van der Waals surface area contributed by atoms with Gasteiger partial charge in [-0.25, -0.2) is 27.2 Å². The summed E-state index contributed by atoms with van der Waals surface area (Å²) >= 11 is 14.0. The molecule has 1 aromatic heterocycles. The van der Waals surface area contributed by atoms with Gasteiger partial charge in [0.25, 0.3) is 10.0 Å². The number of rotatable bonds is 5. The molecule has 0 amide bonds. The maximum Gasteiger partial charge on any atom is 0.263 e. The first-order valence-corrected chi connectivity index (χ1v) is 12.4. The molecule has 0 aliphatic carbocycles. The zero-order valence-electron chi connectivity index (χ0n) is 16.3. The summed E-state index contributed by atoms with van der Waals surface area (Å²) in [4.78, 5) is 7.86. The molecule has 33 heavy (non-hydrogen) atoms. The fraction of sp³-hybridized carbons (Fsp3) is 0.0476. The van der Waals surface area contributed by atoms with Crippen molar-refractivity contribution < 1.29 is 22.3 Å². The molecule has 1 heterocycles. The van der Waals surface area contributed by atoms with Crippen molar-refractivity contribution >= 4 is 72.4 Å². The molecule has 0 aliphatic heterocycles. The monoisotopic (exact) mass is 621 g/mol. The molecule has 0 saturated carbocycles. The predicted octanol–water partition coefficient (Wildman–Crippen LogP) is 5.78. The van der Waals surface area contributed by atoms with Crippen molar-refractivity contribution in [2.45, 2.75) is 11.5 Å². The summed E-state index contributed by atoms with van der Waals surface area (Å²) < 4.78 is 58.4. The molecule has 0 saturated heterocycles. The van der Waals surface area contributed by atoms with Gasteiger partial charge in [0.15, 0.2) is 9.65 Å². The van der Waals surface area contributed by atoms with E-state index in [1.54, 1.807) is 6.07 Å². The molecule has 0 unspecified atom stereocenters. The van der Waals surface area contributed by atoms with E-state index in [9.17, 15) is 17.9 Å². The molecule has 0 bridgehead atoms. The molecule has 0 radical (unpaired) electrons. The predicted molar refractivity (Wildman–Crippen MR) is 131 cm³/mol. The van der Waals surface area contributed by atoms with E-state index in [4.69, 9.17) is 23.2 Å². The summed E-state index contributed by atoms with van der Waals surface area (Å²) in [7, 11) is -4.43. The first-order valence-electron chi connectivity index (χ1n) is 9.13. The minimum atomic E-state index is -4.43. The SMILES string of the molecule is O=S(=O)(Nc1ccc(F)c(-c2ccc3nc(I)ncc3c2)c1F)c1cc(Cl)cc(CO)c1Cl. The quantitative estimate of drug-likeness (QED) is 0.218. The van der Waals surface area contributed by atoms with Gasteiger partial charge in [-0.1, -0.05) is 29.3 Å². The van der Waals surface area contributed by atoms with E-state index < -0.39 is 44.4 Å². The molecular formula is C21H12Cl2F2IN3O3S. The smallest absolute Gasteiger partial charge is 0.263 e. The average Bonchev–Trinajstić information content (AvgIpc) is 2.77. The number of hydrogen-bond acceptors (Lipinski definition) is 5. The van der Waals surface area contributed by atoms with Gasteiger partial charge in [0.2, 0.25) is 0 Å². The Morgan fingerprint density at radius 3 is 2.58 bits per heavy atom. The third kappa shape index (κ3) is 4.76. The fourth-order valence-corrected chi connectivity index (χ4v) is 5.58. The Bertz CT molecular complexity index is 1520. The van der Waals surface area contributed by atoms with Crippen molar-refractivity contribution in [3.05, 3.63) is 79.7 Å². The molecule has 4 rings (SSSR count). The van der Waals surface area contributed by atoms with Crippen molar-refractivity contribution in [3.8, 4) is 11.1 Å². The first-order chi connectivity index (χ1) is 15.6. The average molecular weight is 622 g/mol. The van der Waals surface area contributed by atoms with Gasteiger partial charge in [-0.2, -0.15) is 0 Å². The summed E-state index contributed by atoms with van der Waals surface area (Å²) in [5.41, 5.74) is -0.0773. The topological polar surface area (TPSA) is 92.2 Å². The third-order valence-electron chi connectivity index (χ3n) is 4.71. The van der Waals surface area contributed by atoms with Crippen LogP contribution in [0.2, 0.25) is 10.0 Å². The van der Waals surface area contributed by atoms with E-state index in [2.05, 4.69) is 14.7 Å². The summed E-state index contributed by atoms with van der Waals surface area (Å²) in [5.74, 6) is -2.01. The second kappa shape index (κ2) is 9.26. The first kappa shape index (κ1) is 24.0. The van der Waals surface area contributed by atoms with Crippen LogP contribution < -0.4 is 4.72 Å². The normalized spacial score (nSPS) is 11.7. The van der Waals surface area contributed by atoms with Crippen LogP contribution in [0.3, 0.4) is 0 Å². The lowest BCUT2D eigenvalue weighted by molar-refractivity contribution is 0.281. The molecule has 0 fully saturated rings. The number of fused-ring (bicyclic) bond motifs is 1. The number of benzene rings is 3. The van der Waals surface area contributed by atoms with E-state index in [1.165, 1.54) is 24.4 Å². The van der Waals surface area contributed by atoms with Crippen molar-refractivity contribution in [1.29, 1.82) is 0 Å². The molecular weight excluding hydrogens is 610 g/mol. The second-order valence-electron chi connectivity index (χ2n) is 6.84. The maximum atomic E-state index is 15.4. The summed E-state index contributed by atoms with van der Waals surface area (Å²) in [6.45, 7) is -0.554. The minimum absolute atomic E-state index is 0.0112. The van der Waals surface area contributed by atoms with E-state index in [0.717, 1.165) is 18.2 Å². The van der Waals surface area contributed by atoms with Gasteiger partial charge in [-0.15, -0.1) is 0 Å². The molecule has 4 aromatic rings. The van der Waals surface area contributed by atoms with Crippen LogP contribution >= 0.6 is 45.8 Å². The number of sulfonamides is 1.